The quantitative estimate of drug-likeness (QED) is 0.678. The molecule has 106 valence electrons. The van der Waals surface area contributed by atoms with Crippen LogP contribution in [0, 0.1) is 0 Å². The Morgan fingerprint density at radius 3 is 2.40 bits per heavy atom. The Bertz CT molecular complexity index is 694. The third-order valence-electron chi connectivity index (χ3n) is 2.97. The second-order valence-corrected chi connectivity index (χ2v) is 4.13. The van der Waals surface area contributed by atoms with Gasteiger partial charge in [0.25, 0.3) is 0 Å². The van der Waals surface area contributed by atoms with E-state index >= 15 is 0 Å². The van der Waals surface area contributed by atoms with Crippen LogP contribution in [0.5, 0.6) is 0 Å². The van der Waals surface area contributed by atoms with Gasteiger partial charge in [-0.15, -0.1) is 24.8 Å². The largest absolute Gasteiger partial charge is 0.382 e. The van der Waals surface area contributed by atoms with Crippen LogP contribution in [-0.2, 0) is 6.54 Å². The van der Waals surface area contributed by atoms with Crippen LogP contribution in [0.4, 0.5) is 5.82 Å². The Morgan fingerprint density at radius 1 is 1.05 bits per heavy atom. The first-order chi connectivity index (χ1) is 8.78. The molecule has 3 rings (SSSR count). The summed E-state index contributed by atoms with van der Waals surface area (Å²) in [6.45, 7) is 0.548. The molecular weight excluding hydrogens is 297 g/mol. The number of benzene rings is 1. The maximum atomic E-state index is 5.77. The van der Waals surface area contributed by atoms with Gasteiger partial charge in [0, 0.05) is 18.3 Å². The van der Waals surface area contributed by atoms with Gasteiger partial charge in [-0.25, -0.2) is 4.98 Å². The van der Waals surface area contributed by atoms with Crippen molar-refractivity contribution < 1.29 is 0 Å². The highest BCUT2D eigenvalue weighted by atomic mass is 35.5. The number of nitrogens with one attached hydrogen (secondary N) is 1. The fraction of sp³-hybridized carbons (Fsp3) is 0.0769. The van der Waals surface area contributed by atoms with E-state index in [4.69, 9.17) is 11.5 Å². The molecule has 3 aromatic rings. The monoisotopic (exact) mass is 311 g/mol. The van der Waals surface area contributed by atoms with Crippen LogP contribution >= 0.6 is 24.8 Å². The number of nitrogens with zero attached hydrogens (tertiary/aromatic N) is 2. The summed E-state index contributed by atoms with van der Waals surface area (Å²) in [5, 5.41) is 7.56. The van der Waals surface area contributed by atoms with Crippen molar-refractivity contribution in [3.8, 4) is 11.1 Å². The molecular formula is C13H15Cl2N5. The molecule has 0 aliphatic carbocycles. The molecule has 20 heavy (non-hydrogen) atoms. The van der Waals surface area contributed by atoms with Crippen molar-refractivity contribution in [2.45, 2.75) is 6.54 Å². The van der Waals surface area contributed by atoms with Gasteiger partial charge in [0.1, 0.15) is 0 Å². The minimum absolute atomic E-state index is 0. The fourth-order valence-electron chi connectivity index (χ4n) is 1.91. The van der Waals surface area contributed by atoms with Crippen molar-refractivity contribution in [3.63, 3.8) is 0 Å². The highest BCUT2D eigenvalue weighted by molar-refractivity contribution is 5.89. The predicted octanol–water partition coefficient (Wildman–Crippen LogP) is 2.51. The lowest BCUT2D eigenvalue weighted by atomic mass is 10.0. The van der Waals surface area contributed by atoms with E-state index in [1.54, 1.807) is 6.20 Å². The molecule has 0 spiro atoms. The second kappa shape index (κ2) is 6.56. The summed E-state index contributed by atoms with van der Waals surface area (Å²) < 4.78 is 0. The molecule has 0 amide bonds. The average Bonchev–Trinajstić information content (AvgIpc) is 2.80. The molecule has 0 saturated carbocycles. The van der Waals surface area contributed by atoms with Crippen LogP contribution in [0.2, 0.25) is 0 Å². The van der Waals surface area contributed by atoms with Crippen LogP contribution in [0.25, 0.3) is 22.2 Å². The molecule has 7 heteroatoms. The van der Waals surface area contributed by atoms with Gasteiger partial charge in [0.2, 0.25) is 0 Å². The number of nitrogen functional groups attached to an aromatic ring is 1. The number of aromatic nitrogens is 3. The molecule has 5 nitrogen and oxygen atoms in total. The lowest BCUT2D eigenvalue weighted by Crippen LogP contribution is -1.95. The highest BCUT2D eigenvalue weighted by Crippen LogP contribution is 2.24. The first-order valence-corrected chi connectivity index (χ1v) is 5.67. The number of rotatable bonds is 2. The molecule has 2 aromatic heterocycles. The number of aromatic amines is 1. The van der Waals surface area contributed by atoms with E-state index in [1.807, 2.05) is 30.3 Å². The maximum absolute atomic E-state index is 5.77. The number of hydrogen-bond acceptors (Lipinski definition) is 4. The topological polar surface area (TPSA) is 93.6 Å². The number of H-pyrrole nitrogens is 1. The minimum atomic E-state index is 0. The minimum Gasteiger partial charge on any atom is -0.382 e. The number of nitrogens with two attached hydrogens (primary N) is 2. The summed E-state index contributed by atoms with van der Waals surface area (Å²) in [4.78, 5) is 4.30. The summed E-state index contributed by atoms with van der Waals surface area (Å²) >= 11 is 0. The third-order valence-corrected chi connectivity index (χ3v) is 2.97. The summed E-state index contributed by atoms with van der Waals surface area (Å²) in [5.74, 6) is 0.470. The zero-order valence-corrected chi connectivity index (χ0v) is 12.2. The molecule has 0 fully saturated rings. The van der Waals surface area contributed by atoms with E-state index in [2.05, 4.69) is 15.2 Å². The number of halogens is 2. The van der Waals surface area contributed by atoms with E-state index in [1.165, 1.54) is 0 Å². The molecule has 0 unspecified atom stereocenters. The van der Waals surface area contributed by atoms with Crippen molar-refractivity contribution in [2.75, 3.05) is 5.73 Å². The van der Waals surface area contributed by atoms with Crippen molar-refractivity contribution in [2.24, 2.45) is 5.73 Å². The summed E-state index contributed by atoms with van der Waals surface area (Å²) in [7, 11) is 0. The molecule has 0 radical (unpaired) electrons. The predicted molar refractivity (Wildman–Crippen MR) is 86.1 cm³/mol. The summed E-state index contributed by atoms with van der Waals surface area (Å²) in [6.07, 6.45) is 1.80. The molecule has 0 saturated heterocycles. The van der Waals surface area contributed by atoms with E-state index in [0.717, 1.165) is 22.1 Å². The normalized spacial score (nSPS) is 9.85. The molecule has 1 aromatic carbocycles. The zero-order valence-electron chi connectivity index (χ0n) is 10.5. The molecule has 5 N–H and O–H groups in total. The summed E-state index contributed by atoms with van der Waals surface area (Å²) in [5.41, 5.74) is 15.3. The Kier molecular flexibility index (Phi) is 5.33. The van der Waals surface area contributed by atoms with Crippen LogP contribution < -0.4 is 11.5 Å². The Labute approximate surface area is 128 Å². The van der Waals surface area contributed by atoms with Gasteiger partial charge in [0.05, 0.1) is 5.39 Å². The lowest BCUT2D eigenvalue weighted by molar-refractivity contribution is 1.07. The van der Waals surface area contributed by atoms with Crippen LogP contribution in [-0.4, -0.2) is 15.2 Å². The van der Waals surface area contributed by atoms with Gasteiger partial charge in [-0.3, -0.25) is 5.10 Å². The molecule has 0 atom stereocenters. The average molecular weight is 312 g/mol. The van der Waals surface area contributed by atoms with Crippen LogP contribution in [0.3, 0.4) is 0 Å². The molecule has 0 aliphatic heterocycles. The first-order valence-electron chi connectivity index (χ1n) is 5.67. The Hall–Kier alpha value is -1.82. The van der Waals surface area contributed by atoms with Crippen LogP contribution in [0.1, 0.15) is 5.56 Å². The van der Waals surface area contributed by atoms with Gasteiger partial charge >= 0.3 is 0 Å². The van der Waals surface area contributed by atoms with E-state index < -0.39 is 0 Å². The van der Waals surface area contributed by atoms with Gasteiger partial charge in [-0.1, -0.05) is 24.3 Å². The lowest BCUT2D eigenvalue weighted by Gasteiger charge is -2.03. The number of pyridine rings is 1. The standard InChI is InChI=1S/C13H13N5.2ClH/c14-6-8-1-3-9(4-2-8)10-5-11-12(15)17-18-13(11)16-7-10;;/h1-5,7H,6,14H2,(H3,15,16,17,18);2*1H. The van der Waals surface area contributed by atoms with E-state index in [9.17, 15) is 0 Å². The smallest absolute Gasteiger partial charge is 0.157 e. The second-order valence-electron chi connectivity index (χ2n) is 4.13. The van der Waals surface area contributed by atoms with Gasteiger partial charge in [0.15, 0.2) is 11.5 Å². The Balaban J connectivity index is 0.000001000. The highest BCUT2D eigenvalue weighted by Gasteiger charge is 2.05. The van der Waals surface area contributed by atoms with Gasteiger partial charge in [-0.2, -0.15) is 5.10 Å². The fourth-order valence-corrected chi connectivity index (χ4v) is 1.91. The third kappa shape index (κ3) is 2.85. The van der Waals surface area contributed by atoms with Crippen molar-refractivity contribution in [3.05, 3.63) is 42.1 Å². The summed E-state index contributed by atoms with van der Waals surface area (Å²) in [6, 6.07) is 10.1. The van der Waals surface area contributed by atoms with Crippen LogP contribution in [0.15, 0.2) is 36.5 Å². The number of fused-ring (bicyclic) bond motifs is 1. The number of anilines is 1. The van der Waals surface area contributed by atoms with Crippen molar-refractivity contribution in [1.29, 1.82) is 0 Å². The SMILES string of the molecule is Cl.Cl.NCc1ccc(-c2cnc3[nH]nc(N)c3c2)cc1. The van der Waals surface area contributed by atoms with Gasteiger partial charge < -0.3 is 11.5 Å². The molecule has 2 heterocycles. The Morgan fingerprint density at radius 2 is 1.75 bits per heavy atom. The van der Waals surface area contributed by atoms with E-state index in [-0.39, 0.29) is 24.8 Å². The molecule has 0 aliphatic rings. The zero-order chi connectivity index (χ0) is 12.5. The first kappa shape index (κ1) is 16.2. The molecule has 0 bridgehead atoms. The van der Waals surface area contributed by atoms with Crippen molar-refractivity contribution >= 4 is 41.7 Å². The van der Waals surface area contributed by atoms with Gasteiger partial charge in [-0.05, 0) is 17.2 Å². The number of hydrogen-bond donors (Lipinski definition) is 3. The van der Waals surface area contributed by atoms with Crippen molar-refractivity contribution in [1.82, 2.24) is 15.2 Å². The maximum Gasteiger partial charge on any atom is 0.157 e. The van der Waals surface area contributed by atoms with E-state index in [0.29, 0.717) is 18.0 Å².